The van der Waals surface area contributed by atoms with E-state index in [4.69, 9.17) is 5.73 Å². The molecule has 0 radical (unpaired) electrons. The SMILES string of the molecule is CN(C(=O)c1cn(CCN)nn1)C1CCCCC1. The minimum Gasteiger partial charge on any atom is -0.337 e. The van der Waals surface area contributed by atoms with Crippen LogP contribution in [0, 0.1) is 0 Å². The molecule has 1 aliphatic carbocycles. The molecule has 0 aliphatic heterocycles. The Bertz CT molecular complexity index is 397. The summed E-state index contributed by atoms with van der Waals surface area (Å²) in [6.45, 7) is 1.09. The molecule has 1 aromatic rings. The van der Waals surface area contributed by atoms with Gasteiger partial charge in [-0.05, 0) is 12.8 Å². The monoisotopic (exact) mass is 251 g/mol. The van der Waals surface area contributed by atoms with Crippen LogP contribution in [0.2, 0.25) is 0 Å². The Labute approximate surface area is 107 Å². The van der Waals surface area contributed by atoms with E-state index in [0.29, 0.717) is 24.8 Å². The zero-order valence-corrected chi connectivity index (χ0v) is 10.9. The van der Waals surface area contributed by atoms with Crippen molar-refractivity contribution in [1.29, 1.82) is 0 Å². The number of nitrogens with zero attached hydrogens (tertiary/aromatic N) is 4. The predicted octanol–water partition coefficient (Wildman–Crippen LogP) is 0.641. The molecule has 100 valence electrons. The standard InChI is InChI=1S/C12H21N5O/c1-16(10-5-3-2-4-6-10)12(18)11-9-17(8-7-13)15-14-11/h9-10H,2-8,13H2,1H3. The summed E-state index contributed by atoms with van der Waals surface area (Å²) in [5.41, 5.74) is 5.85. The van der Waals surface area contributed by atoms with E-state index in [1.165, 1.54) is 19.3 Å². The van der Waals surface area contributed by atoms with Crippen LogP contribution in [-0.2, 0) is 6.54 Å². The van der Waals surface area contributed by atoms with Crippen molar-refractivity contribution in [3.8, 4) is 0 Å². The molecule has 0 spiro atoms. The van der Waals surface area contributed by atoms with Gasteiger partial charge in [0, 0.05) is 19.6 Å². The largest absolute Gasteiger partial charge is 0.337 e. The lowest BCUT2D eigenvalue weighted by molar-refractivity contribution is 0.0690. The van der Waals surface area contributed by atoms with Gasteiger partial charge >= 0.3 is 0 Å². The molecule has 0 bridgehead atoms. The van der Waals surface area contributed by atoms with E-state index in [9.17, 15) is 4.79 Å². The van der Waals surface area contributed by atoms with Crippen molar-refractivity contribution in [3.63, 3.8) is 0 Å². The Morgan fingerprint density at radius 2 is 2.22 bits per heavy atom. The molecule has 1 fully saturated rings. The normalized spacial score (nSPS) is 16.8. The second kappa shape index (κ2) is 5.95. The maximum absolute atomic E-state index is 12.2. The molecule has 6 nitrogen and oxygen atoms in total. The third kappa shape index (κ3) is 2.87. The molecule has 0 unspecified atom stereocenters. The average Bonchev–Trinajstić information content (AvgIpc) is 2.87. The molecular formula is C12H21N5O. The summed E-state index contributed by atoms with van der Waals surface area (Å²) in [5, 5.41) is 7.81. The second-order valence-corrected chi connectivity index (χ2v) is 4.86. The number of nitrogens with two attached hydrogens (primary N) is 1. The maximum atomic E-state index is 12.2. The first-order chi connectivity index (χ1) is 8.72. The first-order valence-corrected chi connectivity index (χ1v) is 6.59. The third-order valence-electron chi connectivity index (χ3n) is 3.56. The van der Waals surface area contributed by atoms with Gasteiger partial charge in [-0.3, -0.25) is 9.48 Å². The van der Waals surface area contributed by atoms with Crippen molar-refractivity contribution in [2.24, 2.45) is 5.73 Å². The van der Waals surface area contributed by atoms with Crippen LogP contribution in [0.5, 0.6) is 0 Å². The molecule has 1 aliphatic rings. The number of hydrogen-bond donors (Lipinski definition) is 1. The highest BCUT2D eigenvalue weighted by atomic mass is 16.2. The van der Waals surface area contributed by atoms with Gasteiger partial charge in [0.15, 0.2) is 5.69 Å². The Balaban J connectivity index is 2.00. The lowest BCUT2D eigenvalue weighted by Crippen LogP contribution is -2.38. The molecule has 1 amide bonds. The van der Waals surface area contributed by atoms with Crippen LogP contribution in [0.25, 0.3) is 0 Å². The summed E-state index contributed by atoms with van der Waals surface area (Å²) in [6.07, 6.45) is 7.57. The predicted molar refractivity (Wildman–Crippen MR) is 68.0 cm³/mol. The van der Waals surface area contributed by atoms with E-state index in [2.05, 4.69) is 10.3 Å². The van der Waals surface area contributed by atoms with Crippen LogP contribution in [0.15, 0.2) is 6.20 Å². The minimum absolute atomic E-state index is 0.0369. The molecule has 1 heterocycles. The zero-order valence-electron chi connectivity index (χ0n) is 10.9. The minimum atomic E-state index is -0.0369. The quantitative estimate of drug-likeness (QED) is 0.852. The fraction of sp³-hybridized carbons (Fsp3) is 0.750. The molecule has 1 aromatic heterocycles. The molecule has 1 saturated carbocycles. The molecule has 2 rings (SSSR count). The van der Waals surface area contributed by atoms with E-state index < -0.39 is 0 Å². The van der Waals surface area contributed by atoms with Crippen LogP contribution in [0.3, 0.4) is 0 Å². The molecule has 2 N–H and O–H groups in total. The molecular weight excluding hydrogens is 230 g/mol. The van der Waals surface area contributed by atoms with Gasteiger partial charge in [-0.25, -0.2) is 0 Å². The highest BCUT2D eigenvalue weighted by Crippen LogP contribution is 2.22. The van der Waals surface area contributed by atoms with Crippen molar-refractivity contribution >= 4 is 5.91 Å². The van der Waals surface area contributed by atoms with Crippen molar-refractivity contribution in [2.75, 3.05) is 13.6 Å². The first-order valence-electron chi connectivity index (χ1n) is 6.59. The number of amides is 1. The molecule has 0 saturated heterocycles. The van der Waals surface area contributed by atoms with Crippen molar-refractivity contribution in [2.45, 2.75) is 44.7 Å². The lowest BCUT2D eigenvalue weighted by Gasteiger charge is -2.30. The Kier molecular flexibility index (Phi) is 4.30. The number of aromatic nitrogens is 3. The number of carbonyl (C=O) groups excluding carboxylic acids is 1. The summed E-state index contributed by atoms with van der Waals surface area (Å²) in [6, 6.07) is 0.353. The van der Waals surface area contributed by atoms with Crippen LogP contribution < -0.4 is 5.73 Å². The highest BCUT2D eigenvalue weighted by Gasteiger charge is 2.24. The van der Waals surface area contributed by atoms with Gasteiger partial charge in [-0.15, -0.1) is 5.10 Å². The van der Waals surface area contributed by atoms with E-state index in [1.54, 1.807) is 10.9 Å². The Morgan fingerprint density at radius 1 is 1.50 bits per heavy atom. The van der Waals surface area contributed by atoms with Crippen LogP contribution in [0.4, 0.5) is 0 Å². The second-order valence-electron chi connectivity index (χ2n) is 4.86. The van der Waals surface area contributed by atoms with Gasteiger partial charge < -0.3 is 10.6 Å². The maximum Gasteiger partial charge on any atom is 0.276 e. The van der Waals surface area contributed by atoms with Crippen LogP contribution in [-0.4, -0.2) is 45.4 Å². The fourth-order valence-corrected chi connectivity index (χ4v) is 2.45. The van der Waals surface area contributed by atoms with Crippen molar-refractivity contribution in [1.82, 2.24) is 19.9 Å². The van der Waals surface area contributed by atoms with Crippen molar-refractivity contribution in [3.05, 3.63) is 11.9 Å². The summed E-state index contributed by atoms with van der Waals surface area (Å²) in [7, 11) is 1.86. The van der Waals surface area contributed by atoms with E-state index in [1.807, 2.05) is 11.9 Å². The lowest BCUT2D eigenvalue weighted by atomic mass is 9.94. The smallest absolute Gasteiger partial charge is 0.276 e. The zero-order chi connectivity index (χ0) is 13.0. The van der Waals surface area contributed by atoms with E-state index in [-0.39, 0.29) is 5.91 Å². The molecule has 18 heavy (non-hydrogen) atoms. The Morgan fingerprint density at radius 3 is 2.89 bits per heavy atom. The number of carbonyl (C=O) groups is 1. The van der Waals surface area contributed by atoms with Crippen LogP contribution >= 0.6 is 0 Å². The fourth-order valence-electron chi connectivity index (χ4n) is 2.45. The van der Waals surface area contributed by atoms with Gasteiger partial charge in [-0.2, -0.15) is 0 Å². The summed E-state index contributed by atoms with van der Waals surface area (Å²) < 4.78 is 1.61. The van der Waals surface area contributed by atoms with Gasteiger partial charge in [0.05, 0.1) is 12.7 Å². The summed E-state index contributed by atoms with van der Waals surface area (Å²) in [4.78, 5) is 14.1. The van der Waals surface area contributed by atoms with Crippen LogP contribution in [0.1, 0.15) is 42.6 Å². The summed E-state index contributed by atoms with van der Waals surface area (Å²) >= 11 is 0. The Hall–Kier alpha value is -1.43. The highest BCUT2D eigenvalue weighted by molar-refractivity contribution is 5.91. The summed E-state index contributed by atoms with van der Waals surface area (Å²) in [5.74, 6) is -0.0369. The molecule has 0 atom stereocenters. The van der Waals surface area contributed by atoms with E-state index in [0.717, 1.165) is 12.8 Å². The van der Waals surface area contributed by atoms with Gasteiger partial charge in [0.2, 0.25) is 0 Å². The topological polar surface area (TPSA) is 77.0 Å². The third-order valence-corrected chi connectivity index (χ3v) is 3.56. The molecule has 0 aromatic carbocycles. The first kappa shape index (κ1) is 13.0. The van der Waals surface area contributed by atoms with E-state index >= 15 is 0 Å². The van der Waals surface area contributed by atoms with Crippen molar-refractivity contribution < 1.29 is 4.79 Å². The van der Waals surface area contributed by atoms with Gasteiger partial charge in [-0.1, -0.05) is 24.5 Å². The number of rotatable bonds is 4. The number of hydrogen-bond acceptors (Lipinski definition) is 4. The average molecular weight is 251 g/mol. The van der Waals surface area contributed by atoms with Gasteiger partial charge in [0.1, 0.15) is 0 Å². The van der Waals surface area contributed by atoms with Gasteiger partial charge in [0.25, 0.3) is 5.91 Å². The molecule has 6 heteroatoms.